The summed E-state index contributed by atoms with van der Waals surface area (Å²) in [6, 6.07) is 7.21. The van der Waals surface area contributed by atoms with E-state index in [1.54, 1.807) is 4.90 Å². The maximum absolute atomic E-state index is 12.2. The number of rotatable bonds is 4. The van der Waals surface area contributed by atoms with Gasteiger partial charge in [-0.25, -0.2) is 4.79 Å². The Labute approximate surface area is 132 Å². The predicted octanol–water partition coefficient (Wildman–Crippen LogP) is 3.10. The summed E-state index contributed by atoms with van der Waals surface area (Å²) in [4.78, 5) is 13.9. The number of urea groups is 1. The Hall–Kier alpha value is -1.75. The summed E-state index contributed by atoms with van der Waals surface area (Å²) < 4.78 is 5.71. The van der Waals surface area contributed by atoms with Crippen LogP contribution in [0.15, 0.2) is 24.3 Å². The third-order valence-corrected chi connectivity index (χ3v) is 4.22. The minimum Gasteiger partial charge on any atom is -0.491 e. The van der Waals surface area contributed by atoms with Crippen LogP contribution in [0, 0.1) is 5.92 Å². The molecule has 0 aromatic heterocycles. The van der Waals surface area contributed by atoms with Gasteiger partial charge < -0.3 is 20.1 Å². The van der Waals surface area contributed by atoms with Gasteiger partial charge in [-0.15, -0.1) is 0 Å². The van der Waals surface area contributed by atoms with E-state index in [1.807, 2.05) is 38.1 Å². The minimum absolute atomic E-state index is 0.165. The SMILES string of the molecule is CCC(C)Oc1ccc(NC(=O)N2CCC(C)C(O)C2)cc1. The fourth-order valence-corrected chi connectivity index (χ4v) is 2.37. The van der Waals surface area contributed by atoms with Gasteiger partial charge >= 0.3 is 6.03 Å². The molecule has 0 bridgehead atoms. The fraction of sp³-hybridized carbons (Fsp3) is 0.588. The maximum atomic E-state index is 12.2. The molecule has 1 aliphatic heterocycles. The van der Waals surface area contributed by atoms with Crippen molar-refractivity contribution in [2.75, 3.05) is 18.4 Å². The van der Waals surface area contributed by atoms with Gasteiger partial charge in [0.15, 0.2) is 0 Å². The van der Waals surface area contributed by atoms with E-state index in [0.29, 0.717) is 13.1 Å². The van der Waals surface area contributed by atoms with E-state index in [1.165, 1.54) is 0 Å². The number of hydrogen-bond acceptors (Lipinski definition) is 3. The van der Waals surface area contributed by atoms with Crippen molar-refractivity contribution in [3.05, 3.63) is 24.3 Å². The van der Waals surface area contributed by atoms with Crippen LogP contribution in [-0.4, -0.2) is 41.3 Å². The molecule has 2 rings (SSSR count). The lowest BCUT2D eigenvalue weighted by atomic mass is 9.96. The normalized spacial score (nSPS) is 23.0. The molecule has 1 saturated heterocycles. The molecule has 0 radical (unpaired) electrons. The zero-order chi connectivity index (χ0) is 16.1. The number of hydrogen-bond donors (Lipinski definition) is 2. The molecule has 1 fully saturated rings. The predicted molar refractivity (Wildman–Crippen MR) is 87.2 cm³/mol. The lowest BCUT2D eigenvalue weighted by molar-refractivity contribution is 0.0464. The van der Waals surface area contributed by atoms with Gasteiger partial charge in [-0.3, -0.25) is 0 Å². The Balaban J connectivity index is 1.89. The molecule has 0 aliphatic carbocycles. The van der Waals surface area contributed by atoms with E-state index in [0.717, 1.165) is 24.3 Å². The van der Waals surface area contributed by atoms with Gasteiger partial charge in [0.1, 0.15) is 5.75 Å². The highest BCUT2D eigenvalue weighted by Crippen LogP contribution is 2.20. The van der Waals surface area contributed by atoms with Crippen LogP contribution < -0.4 is 10.1 Å². The topological polar surface area (TPSA) is 61.8 Å². The highest BCUT2D eigenvalue weighted by atomic mass is 16.5. The number of likely N-dealkylation sites (tertiary alicyclic amines) is 1. The molecule has 3 unspecified atom stereocenters. The first kappa shape index (κ1) is 16.6. The minimum atomic E-state index is -0.439. The van der Waals surface area contributed by atoms with Gasteiger partial charge in [0.25, 0.3) is 0 Å². The van der Waals surface area contributed by atoms with Crippen molar-refractivity contribution >= 4 is 11.7 Å². The van der Waals surface area contributed by atoms with Crippen molar-refractivity contribution in [2.24, 2.45) is 5.92 Å². The van der Waals surface area contributed by atoms with E-state index in [4.69, 9.17) is 4.74 Å². The van der Waals surface area contributed by atoms with Crippen LogP contribution in [0.4, 0.5) is 10.5 Å². The van der Waals surface area contributed by atoms with Gasteiger partial charge in [-0.2, -0.15) is 0 Å². The highest BCUT2D eigenvalue weighted by molar-refractivity contribution is 5.89. The molecular weight excluding hydrogens is 280 g/mol. The number of benzene rings is 1. The highest BCUT2D eigenvalue weighted by Gasteiger charge is 2.27. The molecule has 5 heteroatoms. The van der Waals surface area contributed by atoms with Crippen molar-refractivity contribution < 1.29 is 14.6 Å². The Kier molecular flexibility index (Phi) is 5.66. The smallest absolute Gasteiger partial charge is 0.321 e. The van der Waals surface area contributed by atoms with Crippen LogP contribution >= 0.6 is 0 Å². The van der Waals surface area contributed by atoms with Gasteiger partial charge in [0.2, 0.25) is 0 Å². The quantitative estimate of drug-likeness (QED) is 0.898. The summed E-state index contributed by atoms with van der Waals surface area (Å²) in [5.74, 6) is 1.05. The number of nitrogens with one attached hydrogen (secondary N) is 1. The third-order valence-electron chi connectivity index (χ3n) is 4.22. The summed E-state index contributed by atoms with van der Waals surface area (Å²) in [6.07, 6.45) is 1.52. The van der Waals surface area contributed by atoms with Crippen molar-refractivity contribution in [3.8, 4) is 5.75 Å². The van der Waals surface area contributed by atoms with Crippen LogP contribution in [-0.2, 0) is 0 Å². The second-order valence-electron chi connectivity index (χ2n) is 6.07. The fourth-order valence-electron chi connectivity index (χ4n) is 2.37. The zero-order valence-corrected chi connectivity index (χ0v) is 13.6. The largest absolute Gasteiger partial charge is 0.491 e. The lowest BCUT2D eigenvalue weighted by Crippen LogP contribution is -2.47. The average Bonchev–Trinajstić information content (AvgIpc) is 2.51. The molecule has 5 nitrogen and oxygen atoms in total. The summed E-state index contributed by atoms with van der Waals surface area (Å²) in [6.45, 7) is 7.18. The number of aliphatic hydroxyl groups is 1. The first-order valence-corrected chi connectivity index (χ1v) is 8.00. The van der Waals surface area contributed by atoms with Gasteiger partial charge in [-0.05, 0) is 49.9 Å². The number of nitrogens with zero attached hydrogens (tertiary/aromatic N) is 1. The van der Waals surface area contributed by atoms with Crippen LogP contribution in [0.2, 0.25) is 0 Å². The number of aliphatic hydroxyl groups excluding tert-OH is 1. The van der Waals surface area contributed by atoms with E-state index >= 15 is 0 Å². The number of amides is 2. The van der Waals surface area contributed by atoms with Gasteiger partial charge in [0.05, 0.1) is 12.2 Å². The van der Waals surface area contributed by atoms with Crippen molar-refractivity contribution in [2.45, 2.75) is 45.8 Å². The third kappa shape index (κ3) is 4.37. The first-order chi connectivity index (χ1) is 10.5. The summed E-state index contributed by atoms with van der Waals surface area (Å²) >= 11 is 0. The number of carbonyl (C=O) groups is 1. The summed E-state index contributed by atoms with van der Waals surface area (Å²) in [5, 5.41) is 12.7. The van der Waals surface area contributed by atoms with Crippen molar-refractivity contribution in [3.63, 3.8) is 0 Å². The standard InChI is InChI=1S/C17H26N2O3/c1-4-13(3)22-15-7-5-14(6-8-15)18-17(21)19-10-9-12(2)16(20)11-19/h5-8,12-13,16,20H,4,9-11H2,1-3H3,(H,18,21). The molecule has 0 saturated carbocycles. The van der Waals surface area contributed by atoms with Crippen molar-refractivity contribution in [1.82, 2.24) is 4.90 Å². The molecule has 1 aromatic rings. The van der Waals surface area contributed by atoms with Crippen molar-refractivity contribution in [1.29, 1.82) is 0 Å². The number of ether oxygens (including phenoxy) is 1. The molecule has 2 N–H and O–H groups in total. The number of carbonyl (C=O) groups excluding carboxylic acids is 1. The lowest BCUT2D eigenvalue weighted by Gasteiger charge is -2.34. The Morgan fingerprint density at radius 1 is 1.45 bits per heavy atom. The Morgan fingerprint density at radius 3 is 2.73 bits per heavy atom. The molecule has 3 atom stereocenters. The second-order valence-corrected chi connectivity index (χ2v) is 6.07. The first-order valence-electron chi connectivity index (χ1n) is 8.00. The van der Waals surface area contributed by atoms with Gasteiger partial charge in [-0.1, -0.05) is 13.8 Å². The molecule has 1 aromatic carbocycles. The molecule has 2 amide bonds. The van der Waals surface area contributed by atoms with Gasteiger partial charge in [0, 0.05) is 18.8 Å². The van der Waals surface area contributed by atoms with Crippen LogP contribution in [0.3, 0.4) is 0 Å². The van der Waals surface area contributed by atoms with Crippen LogP contribution in [0.25, 0.3) is 0 Å². The summed E-state index contributed by atoms with van der Waals surface area (Å²) in [5.41, 5.74) is 0.731. The molecule has 1 heterocycles. The van der Waals surface area contributed by atoms with Crippen LogP contribution in [0.1, 0.15) is 33.6 Å². The van der Waals surface area contributed by atoms with E-state index in [2.05, 4.69) is 12.2 Å². The van der Waals surface area contributed by atoms with E-state index in [-0.39, 0.29) is 18.1 Å². The summed E-state index contributed by atoms with van der Waals surface area (Å²) in [7, 11) is 0. The molecule has 122 valence electrons. The Bertz CT molecular complexity index is 489. The average molecular weight is 306 g/mol. The molecular formula is C17H26N2O3. The van der Waals surface area contributed by atoms with E-state index < -0.39 is 6.10 Å². The monoisotopic (exact) mass is 306 g/mol. The zero-order valence-electron chi connectivity index (χ0n) is 13.6. The number of β-amino-alcohol motifs (C(OH)–C–C–N with tert-alkyl or cyclic N) is 1. The maximum Gasteiger partial charge on any atom is 0.321 e. The molecule has 0 spiro atoms. The Morgan fingerprint density at radius 2 is 2.14 bits per heavy atom. The number of piperidine rings is 1. The second kappa shape index (κ2) is 7.49. The van der Waals surface area contributed by atoms with Crippen LogP contribution in [0.5, 0.6) is 5.75 Å². The number of anilines is 1. The molecule has 22 heavy (non-hydrogen) atoms. The molecule has 1 aliphatic rings. The van der Waals surface area contributed by atoms with E-state index in [9.17, 15) is 9.90 Å².